The highest BCUT2D eigenvalue weighted by molar-refractivity contribution is 7.80. The Morgan fingerprint density at radius 1 is 1.27 bits per heavy atom. The molecule has 0 spiro atoms. The molecule has 11 heavy (non-hydrogen) atoms. The van der Waals surface area contributed by atoms with Gasteiger partial charge in [-0.1, -0.05) is 39.9 Å². The average Bonchev–Trinajstić information content (AvgIpc) is 1.84. The summed E-state index contributed by atoms with van der Waals surface area (Å²) in [6.07, 6.45) is 0.404. The van der Waals surface area contributed by atoms with Gasteiger partial charge < -0.3 is 5.11 Å². The van der Waals surface area contributed by atoms with Gasteiger partial charge in [-0.25, -0.2) is 0 Å². The summed E-state index contributed by atoms with van der Waals surface area (Å²) in [5, 5.41) is 9.52. The molecule has 1 atom stereocenters. The fourth-order valence-electron chi connectivity index (χ4n) is 0.947. The summed E-state index contributed by atoms with van der Waals surface area (Å²) < 4.78 is 0. The third-order valence-electron chi connectivity index (χ3n) is 1.59. The molecule has 1 unspecified atom stereocenters. The summed E-state index contributed by atoms with van der Waals surface area (Å²) in [4.78, 5) is 0.790. The summed E-state index contributed by atoms with van der Waals surface area (Å²) in [6.45, 7) is 8.22. The second-order valence-corrected chi connectivity index (χ2v) is 4.17. The monoisotopic (exact) mass is 174 g/mol. The zero-order valence-corrected chi connectivity index (χ0v) is 8.61. The molecule has 0 aliphatic rings. The quantitative estimate of drug-likeness (QED) is 0.660. The average molecular weight is 174 g/mol. The normalized spacial score (nSPS) is 14.1. The standard InChI is InChI=1S/C9H18OS/c1-6(2)5-8(10)9(11)7(3)4/h6-8,10H,5H2,1-4H3. The lowest BCUT2D eigenvalue weighted by atomic mass is 9.98. The Kier molecular flexibility index (Phi) is 4.86. The highest BCUT2D eigenvalue weighted by atomic mass is 32.1. The highest BCUT2D eigenvalue weighted by Crippen LogP contribution is 2.10. The van der Waals surface area contributed by atoms with Crippen LogP contribution in [-0.2, 0) is 0 Å². The number of hydrogen-bond acceptors (Lipinski definition) is 2. The Bertz CT molecular complexity index is 130. The molecule has 0 bridgehead atoms. The summed E-state index contributed by atoms with van der Waals surface area (Å²) in [6, 6.07) is 0. The van der Waals surface area contributed by atoms with Crippen molar-refractivity contribution in [2.75, 3.05) is 0 Å². The van der Waals surface area contributed by atoms with Crippen LogP contribution in [0.3, 0.4) is 0 Å². The predicted molar refractivity (Wildman–Crippen MR) is 52.9 cm³/mol. The van der Waals surface area contributed by atoms with Crippen molar-refractivity contribution in [3.63, 3.8) is 0 Å². The number of rotatable bonds is 4. The Hall–Kier alpha value is 0.0500. The van der Waals surface area contributed by atoms with Crippen LogP contribution in [0.25, 0.3) is 0 Å². The van der Waals surface area contributed by atoms with Crippen LogP contribution in [0, 0.1) is 11.8 Å². The molecule has 0 aromatic rings. The third-order valence-corrected chi connectivity index (χ3v) is 2.34. The van der Waals surface area contributed by atoms with E-state index < -0.39 is 0 Å². The number of aliphatic hydroxyl groups is 1. The molecule has 1 N–H and O–H groups in total. The first-order valence-electron chi connectivity index (χ1n) is 4.17. The van der Waals surface area contributed by atoms with Crippen LogP contribution in [0.15, 0.2) is 0 Å². The van der Waals surface area contributed by atoms with Gasteiger partial charge in [-0.3, -0.25) is 0 Å². The van der Waals surface area contributed by atoms with Crippen LogP contribution < -0.4 is 0 Å². The molecule has 0 heterocycles. The van der Waals surface area contributed by atoms with Crippen LogP contribution in [-0.4, -0.2) is 16.1 Å². The van der Waals surface area contributed by atoms with Crippen LogP contribution in [0.4, 0.5) is 0 Å². The van der Waals surface area contributed by atoms with E-state index in [0.29, 0.717) is 11.8 Å². The molecule has 0 fully saturated rings. The van der Waals surface area contributed by atoms with Crippen molar-refractivity contribution in [3.8, 4) is 0 Å². The van der Waals surface area contributed by atoms with Crippen LogP contribution >= 0.6 is 12.2 Å². The van der Waals surface area contributed by atoms with E-state index in [1.807, 2.05) is 13.8 Å². The first-order valence-corrected chi connectivity index (χ1v) is 4.57. The van der Waals surface area contributed by atoms with Crippen molar-refractivity contribution >= 4 is 17.1 Å². The lowest BCUT2D eigenvalue weighted by Gasteiger charge is -2.16. The first-order chi connectivity index (χ1) is 4.95. The molecule has 0 saturated carbocycles. The van der Waals surface area contributed by atoms with E-state index in [-0.39, 0.29) is 6.10 Å². The summed E-state index contributed by atoms with van der Waals surface area (Å²) >= 11 is 5.07. The summed E-state index contributed by atoms with van der Waals surface area (Å²) in [5.74, 6) is 0.834. The van der Waals surface area contributed by atoms with Gasteiger partial charge in [-0.2, -0.15) is 0 Å². The Balaban J connectivity index is 3.83. The molecule has 0 amide bonds. The number of thiocarbonyl (C=S) groups is 1. The summed E-state index contributed by atoms with van der Waals surface area (Å²) in [5.41, 5.74) is 0. The minimum absolute atomic E-state index is 0.318. The Morgan fingerprint density at radius 3 is 2.00 bits per heavy atom. The smallest absolute Gasteiger partial charge is 0.0857 e. The van der Waals surface area contributed by atoms with E-state index in [0.717, 1.165) is 11.3 Å². The van der Waals surface area contributed by atoms with Crippen molar-refractivity contribution in [1.82, 2.24) is 0 Å². The molecular weight excluding hydrogens is 156 g/mol. The molecule has 0 aromatic carbocycles. The van der Waals surface area contributed by atoms with Gasteiger partial charge in [0, 0.05) is 4.86 Å². The van der Waals surface area contributed by atoms with Crippen LogP contribution in [0.2, 0.25) is 0 Å². The van der Waals surface area contributed by atoms with Crippen molar-refractivity contribution in [2.24, 2.45) is 11.8 Å². The maximum Gasteiger partial charge on any atom is 0.0857 e. The largest absolute Gasteiger partial charge is 0.388 e. The molecule has 0 aromatic heterocycles. The molecule has 0 aliphatic carbocycles. The van der Waals surface area contributed by atoms with Gasteiger partial charge in [0.15, 0.2) is 0 Å². The lowest BCUT2D eigenvalue weighted by molar-refractivity contribution is 0.210. The summed E-state index contributed by atoms with van der Waals surface area (Å²) in [7, 11) is 0. The molecule has 1 nitrogen and oxygen atoms in total. The van der Waals surface area contributed by atoms with Gasteiger partial charge in [-0.05, 0) is 18.3 Å². The van der Waals surface area contributed by atoms with E-state index in [9.17, 15) is 5.11 Å². The zero-order valence-electron chi connectivity index (χ0n) is 7.79. The molecule has 0 aliphatic heterocycles. The van der Waals surface area contributed by atoms with Crippen LogP contribution in [0.1, 0.15) is 34.1 Å². The fourth-order valence-corrected chi connectivity index (χ4v) is 1.04. The van der Waals surface area contributed by atoms with Gasteiger partial charge in [0.25, 0.3) is 0 Å². The molecule has 0 radical (unpaired) electrons. The van der Waals surface area contributed by atoms with Crippen molar-refractivity contribution in [1.29, 1.82) is 0 Å². The highest BCUT2D eigenvalue weighted by Gasteiger charge is 2.14. The van der Waals surface area contributed by atoms with E-state index in [1.165, 1.54) is 0 Å². The number of hydrogen-bond donors (Lipinski definition) is 1. The second kappa shape index (κ2) is 4.83. The lowest BCUT2D eigenvalue weighted by Crippen LogP contribution is -2.24. The number of aliphatic hydroxyl groups excluding tert-OH is 1. The zero-order chi connectivity index (χ0) is 9.02. The Labute approximate surface area is 74.8 Å². The van der Waals surface area contributed by atoms with E-state index >= 15 is 0 Å². The second-order valence-electron chi connectivity index (χ2n) is 3.70. The van der Waals surface area contributed by atoms with Gasteiger partial charge >= 0.3 is 0 Å². The topological polar surface area (TPSA) is 20.2 Å². The molecule has 0 saturated heterocycles. The van der Waals surface area contributed by atoms with E-state index in [2.05, 4.69) is 13.8 Å². The van der Waals surface area contributed by atoms with E-state index in [4.69, 9.17) is 12.2 Å². The maximum atomic E-state index is 9.52. The van der Waals surface area contributed by atoms with Crippen molar-refractivity contribution < 1.29 is 5.11 Å². The first kappa shape index (κ1) is 11.1. The molecule has 66 valence electrons. The predicted octanol–water partition coefficient (Wildman–Crippen LogP) is 2.42. The minimum Gasteiger partial charge on any atom is -0.388 e. The van der Waals surface area contributed by atoms with Crippen molar-refractivity contribution in [3.05, 3.63) is 0 Å². The van der Waals surface area contributed by atoms with Crippen LogP contribution in [0.5, 0.6) is 0 Å². The van der Waals surface area contributed by atoms with E-state index in [1.54, 1.807) is 0 Å². The molecule has 2 heteroatoms. The maximum absolute atomic E-state index is 9.52. The third kappa shape index (κ3) is 4.49. The van der Waals surface area contributed by atoms with Gasteiger partial charge in [-0.15, -0.1) is 0 Å². The minimum atomic E-state index is -0.384. The van der Waals surface area contributed by atoms with Crippen molar-refractivity contribution in [2.45, 2.75) is 40.2 Å². The molecule has 0 rings (SSSR count). The van der Waals surface area contributed by atoms with Gasteiger partial charge in [0.1, 0.15) is 0 Å². The Morgan fingerprint density at radius 2 is 1.73 bits per heavy atom. The SMILES string of the molecule is CC(C)CC(O)C(=S)C(C)C. The van der Waals surface area contributed by atoms with Gasteiger partial charge in [0.2, 0.25) is 0 Å². The molecular formula is C9H18OS. The fraction of sp³-hybridized carbons (Fsp3) is 0.889. The van der Waals surface area contributed by atoms with Gasteiger partial charge in [0.05, 0.1) is 6.10 Å².